The number of rotatable bonds is 5. The topological polar surface area (TPSA) is 87.5 Å². The lowest BCUT2D eigenvalue weighted by atomic mass is 10.2. The normalized spacial score (nSPS) is 14.2. The Balaban J connectivity index is 1.75. The Bertz CT molecular complexity index is 521. The standard InChI is InChI=1S/C13H17ClN4O2/c14-10-4-3-9(8-11(10)15)17-12(19)2-1-6-18-7-5-16-13(18)20/h3-4,8H,1-2,5-7,15H2,(H,16,20)(H,17,19). The molecule has 0 saturated carbocycles. The van der Waals surface area contributed by atoms with Crippen LogP contribution in [0, 0.1) is 0 Å². The minimum Gasteiger partial charge on any atom is -0.397 e. The van der Waals surface area contributed by atoms with Crippen LogP contribution in [0.15, 0.2) is 18.2 Å². The Labute approximate surface area is 122 Å². The third kappa shape index (κ3) is 3.77. The van der Waals surface area contributed by atoms with Gasteiger partial charge in [-0.2, -0.15) is 0 Å². The van der Waals surface area contributed by atoms with Gasteiger partial charge in [0.1, 0.15) is 0 Å². The number of nitrogens with one attached hydrogen (secondary N) is 2. The average Bonchev–Trinajstić information content (AvgIpc) is 2.80. The zero-order chi connectivity index (χ0) is 14.5. The van der Waals surface area contributed by atoms with Gasteiger partial charge in [-0.15, -0.1) is 0 Å². The monoisotopic (exact) mass is 296 g/mol. The molecule has 0 spiro atoms. The molecule has 1 aliphatic heterocycles. The van der Waals surface area contributed by atoms with E-state index in [0.717, 1.165) is 0 Å². The van der Waals surface area contributed by atoms with Crippen molar-refractivity contribution in [3.05, 3.63) is 23.2 Å². The average molecular weight is 297 g/mol. The molecule has 0 aromatic heterocycles. The molecule has 0 radical (unpaired) electrons. The molecule has 0 atom stereocenters. The third-order valence-corrected chi connectivity index (χ3v) is 3.40. The molecule has 1 aromatic carbocycles. The van der Waals surface area contributed by atoms with Crippen LogP contribution in [-0.2, 0) is 4.79 Å². The van der Waals surface area contributed by atoms with Gasteiger partial charge in [-0.25, -0.2) is 4.79 Å². The number of carbonyl (C=O) groups excluding carboxylic acids is 2. The highest BCUT2D eigenvalue weighted by molar-refractivity contribution is 6.33. The number of nitrogens with two attached hydrogens (primary N) is 1. The molecular formula is C13H17ClN4O2. The first-order chi connectivity index (χ1) is 9.56. The highest BCUT2D eigenvalue weighted by atomic mass is 35.5. The van der Waals surface area contributed by atoms with Crippen LogP contribution in [0.2, 0.25) is 5.02 Å². The molecule has 0 unspecified atom stereocenters. The Hall–Kier alpha value is -1.95. The van der Waals surface area contributed by atoms with Crippen molar-refractivity contribution in [2.45, 2.75) is 12.8 Å². The number of carbonyl (C=O) groups is 2. The summed E-state index contributed by atoms with van der Waals surface area (Å²) in [4.78, 5) is 24.8. The number of nitrogen functional groups attached to an aromatic ring is 1. The van der Waals surface area contributed by atoms with E-state index in [-0.39, 0.29) is 11.9 Å². The Morgan fingerprint density at radius 2 is 2.30 bits per heavy atom. The summed E-state index contributed by atoms with van der Waals surface area (Å²) in [6.07, 6.45) is 0.981. The van der Waals surface area contributed by atoms with Crippen LogP contribution in [-0.4, -0.2) is 36.5 Å². The van der Waals surface area contributed by atoms with Crippen molar-refractivity contribution in [3.63, 3.8) is 0 Å². The van der Waals surface area contributed by atoms with Gasteiger partial charge in [0.25, 0.3) is 0 Å². The fourth-order valence-electron chi connectivity index (χ4n) is 2.00. The van der Waals surface area contributed by atoms with Crippen molar-refractivity contribution in [1.82, 2.24) is 10.2 Å². The van der Waals surface area contributed by atoms with Gasteiger partial charge in [0, 0.05) is 31.7 Å². The summed E-state index contributed by atoms with van der Waals surface area (Å²) in [5.74, 6) is -0.105. The first-order valence-electron chi connectivity index (χ1n) is 6.44. The van der Waals surface area contributed by atoms with Gasteiger partial charge in [0.2, 0.25) is 5.91 Å². The van der Waals surface area contributed by atoms with Crippen molar-refractivity contribution in [1.29, 1.82) is 0 Å². The molecule has 20 heavy (non-hydrogen) atoms. The van der Waals surface area contributed by atoms with E-state index in [2.05, 4.69) is 10.6 Å². The number of hydrogen-bond donors (Lipinski definition) is 3. The first kappa shape index (κ1) is 14.5. The SMILES string of the molecule is Nc1cc(NC(=O)CCCN2CCNC2=O)ccc1Cl. The summed E-state index contributed by atoms with van der Waals surface area (Å²) in [5, 5.41) is 5.93. The molecule has 2 rings (SSSR count). The molecule has 7 heteroatoms. The summed E-state index contributed by atoms with van der Waals surface area (Å²) in [6.45, 7) is 1.96. The molecule has 6 nitrogen and oxygen atoms in total. The molecular weight excluding hydrogens is 280 g/mol. The first-order valence-corrected chi connectivity index (χ1v) is 6.82. The maximum absolute atomic E-state index is 11.8. The molecule has 108 valence electrons. The van der Waals surface area contributed by atoms with E-state index in [4.69, 9.17) is 17.3 Å². The van der Waals surface area contributed by atoms with Crippen molar-refractivity contribution >= 4 is 34.9 Å². The number of urea groups is 1. The van der Waals surface area contributed by atoms with Crippen molar-refractivity contribution in [2.24, 2.45) is 0 Å². The second kappa shape index (κ2) is 6.47. The van der Waals surface area contributed by atoms with Gasteiger partial charge in [0.15, 0.2) is 0 Å². The summed E-state index contributed by atoms with van der Waals surface area (Å²) in [7, 11) is 0. The highest BCUT2D eigenvalue weighted by Crippen LogP contribution is 2.22. The van der Waals surface area contributed by atoms with Crippen LogP contribution < -0.4 is 16.4 Å². The van der Waals surface area contributed by atoms with Gasteiger partial charge < -0.3 is 21.3 Å². The summed E-state index contributed by atoms with van der Waals surface area (Å²) < 4.78 is 0. The summed E-state index contributed by atoms with van der Waals surface area (Å²) >= 11 is 5.81. The van der Waals surface area contributed by atoms with Crippen LogP contribution in [0.1, 0.15) is 12.8 Å². The Kier molecular flexibility index (Phi) is 4.68. The second-order valence-corrected chi connectivity index (χ2v) is 5.01. The molecule has 4 N–H and O–H groups in total. The van der Waals surface area contributed by atoms with E-state index >= 15 is 0 Å². The van der Waals surface area contributed by atoms with Gasteiger partial charge in [-0.05, 0) is 24.6 Å². The van der Waals surface area contributed by atoms with Gasteiger partial charge in [-0.3, -0.25) is 4.79 Å². The molecule has 3 amide bonds. The van der Waals surface area contributed by atoms with Crippen LogP contribution in [0.25, 0.3) is 0 Å². The lowest BCUT2D eigenvalue weighted by Crippen LogP contribution is -2.29. The minimum atomic E-state index is -0.105. The number of anilines is 2. The number of halogens is 1. The van der Waals surface area contributed by atoms with E-state index in [1.807, 2.05) is 0 Å². The highest BCUT2D eigenvalue weighted by Gasteiger charge is 2.18. The molecule has 0 aliphatic carbocycles. The molecule has 0 bridgehead atoms. The fraction of sp³-hybridized carbons (Fsp3) is 0.385. The van der Waals surface area contributed by atoms with Crippen LogP contribution >= 0.6 is 11.6 Å². The Morgan fingerprint density at radius 3 is 2.95 bits per heavy atom. The molecule has 1 fully saturated rings. The number of hydrogen-bond acceptors (Lipinski definition) is 3. The van der Waals surface area contributed by atoms with Crippen molar-refractivity contribution in [3.8, 4) is 0 Å². The summed E-state index contributed by atoms with van der Waals surface area (Å²) in [6, 6.07) is 4.90. The van der Waals surface area contributed by atoms with E-state index in [1.54, 1.807) is 23.1 Å². The maximum atomic E-state index is 11.8. The molecule has 1 aliphatic rings. The predicted molar refractivity (Wildman–Crippen MR) is 78.7 cm³/mol. The van der Waals surface area contributed by atoms with Crippen LogP contribution in [0.3, 0.4) is 0 Å². The van der Waals surface area contributed by atoms with E-state index in [9.17, 15) is 9.59 Å². The molecule has 1 heterocycles. The predicted octanol–water partition coefficient (Wildman–Crippen LogP) is 1.67. The van der Waals surface area contributed by atoms with Gasteiger partial charge in [0.05, 0.1) is 10.7 Å². The largest absolute Gasteiger partial charge is 0.397 e. The molecule has 1 aromatic rings. The second-order valence-electron chi connectivity index (χ2n) is 4.61. The van der Waals surface area contributed by atoms with Crippen molar-refractivity contribution in [2.75, 3.05) is 30.7 Å². The molecule has 1 saturated heterocycles. The maximum Gasteiger partial charge on any atom is 0.317 e. The number of benzene rings is 1. The zero-order valence-corrected chi connectivity index (χ0v) is 11.7. The quantitative estimate of drug-likeness (QED) is 0.722. The number of amides is 3. The van der Waals surface area contributed by atoms with Gasteiger partial charge >= 0.3 is 6.03 Å². The lowest BCUT2D eigenvalue weighted by molar-refractivity contribution is -0.116. The smallest absolute Gasteiger partial charge is 0.317 e. The van der Waals surface area contributed by atoms with E-state index in [1.165, 1.54) is 0 Å². The van der Waals surface area contributed by atoms with E-state index < -0.39 is 0 Å². The number of nitrogens with zero attached hydrogens (tertiary/aromatic N) is 1. The van der Waals surface area contributed by atoms with Crippen LogP contribution in [0.5, 0.6) is 0 Å². The summed E-state index contributed by atoms with van der Waals surface area (Å²) in [5.41, 5.74) is 6.71. The fourth-order valence-corrected chi connectivity index (χ4v) is 2.12. The Morgan fingerprint density at radius 1 is 1.50 bits per heavy atom. The lowest BCUT2D eigenvalue weighted by Gasteiger charge is -2.13. The third-order valence-electron chi connectivity index (χ3n) is 3.06. The van der Waals surface area contributed by atoms with Gasteiger partial charge in [-0.1, -0.05) is 11.6 Å². The van der Waals surface area contributed by atoms with Crippen LogP contribution in [0.4, 0.5) is 16.2 Å². The minimum absolute atomic E-state index is 0.0594. The zero-order valence-electron chi connectivity index (χ0n) is 11.0. The van der Waals surface area contributed by atoms with E-state index in [0.29, 0.717) is 48.9 Å². The van der Waals surface area contributed by atoms with Crippen molar-refractivity contribution < 1.29 is 9.59 Å².